The van der Waals surface area contributed by atoms with Crippen molar-refractivity contribution in [2.45, 2.75) is 44.9 Å². The number of ketones is 1. The third kappa shape index (κ3) is 2.49. The van der Waals surface area contributed by atoms with Crippen molar-refractivity contribution in [1.82, 2.24) is 0 Å². The van der Waals surface area contributed by atoms with E-state index in [1.807, 2.05) is 6.07 Å². The SMILES string of the molecule is CCCCC(=O)C[C@]1(C)C=Cc2ccccc21. The Morgan fingerprint density at radius 3 is 2.82 bits per heavy atom. The fraction of sp³-hybridized carbons (Fsp3) is 0.438. The van der Waals surface area contributed by atoms with Crippen LogP contribution in [0.25, 0.3) is 6.08 Å². The summed E-state index contributed by atoms with van der Waals surface area (Å²) in [5.41, 5.74) is 2.48. The molecule has 1 nitrogen and oxygen atoms in total. The highest BCUT2D eigenvalue weighted by Crippen LogP contribution is 2.38. The number of hydrogen-bond acceptors (Lipinski definition) is 1. The van der Waals surface area contributed by atoms with Crippen LogP contribution in [0.15, 0.2) is 30.3 Å². The minimum atomic E-state index is -0.0819. The molecular formula is C16H20O. The van der Waals surface area contributed by atoms with Crippen LogP contribution in [-0.2, 0) is 10.2 Å². The monoisotopic (exact) mass is 228 g/mol. The largest absolute Gasteiger partial charge is 0.300 e. The van der Waals surface area contributed by atoms with Crippen molar-refractivity contribution >= 4 is 11.9 Å². The van der Waals surface area contributed by atoms with Crippen LogP contribution in [0.4, 0.5) is 0 Å². The minimum Gasteiger partial charge on any atom is -0.300 e. The lowest BCUT2D eigenvalue weighted by Crippen LogP contribution is -2.21. The number of carbonyl (C=O) groups is 1. The molecule has 0 radical (unpaired) electrons. The zero-order valence-corrected chi connectivity index (χ0v) is 10.7. The molecule has 2 rings (SSSR count). The molecule has 1 aromatic carbocycles. The average Bonchev–Trinajstić information content (AvgIpc) is 2.65. The van der Waals surface area contributed by atoms with Crippen molar-refractivity contribution in [2.24, 2.45) is 0 Å². The summed E-state index contributed by atoms with van der Waals surface area (Å²) in [6, 6.07) is 8.37. The summed E-state index contributed by atoms with van der Waals surface area (Å²) >= 11 is 0. The van der Waals surface area contributed by atoms with E-state index >= 15 is 0 Å². The fourth-order valence-electron chi connectivity index (χ4n) is 2.55. The molecule has 0 spiro atoms. The van der Waals surface area contributed by atoms with Gasteiger partial charge in [-0.1, -0.05) is 56.7 Å². The molecule has 1 aliphatic carbocycles. The maximum Gasteiger partial charge on any atom is 0.134 e. The van der Waals surface area contributed by atoms with E-state index in [1.54, 1.807) is 0 Å². The van der Waals surface area contributed by atoms with E-state index in [0.717, 1.165) is 19.3 Å². The molecule has 0 aromatic heterocycles. The van der Waals surface area contributed by atoms with Gasteiger partial charge < -0.3 is 0 Å². The average molecular weight is 228 g/mol. The smallest absolute Gasteiger partial charge is 0.134 e. The van der Waals surface area contributed by atoms with Gasteiger partial charge in [-0.3, -0.25) is 4.79 Å². The summed E-state index contributed by atoms with van der Waals surface area (Å²) in [4.78, 5) is 11.9. The van der Waals surface area contributed by atoms with Gasteiger partial charge in [0.1, 0.15) is 5.78 Å². The van der Waals surface area contributed by atoms with E-state index in [1.165, 1.54) is 11.1 Å². The highest BCUT2D eigenvalue weighted by Gasteiger charge is 2.31. The van der Waals surface area contributed by atoms with Crippen LogP contribution in [0.1, 0.15) is 50.7 Å². The molecule has 0 heterocycles. The molecule has 1 aromatic rings. The van der Waals surface area contributed by atoms with Gasteiger partial charge in [-0.15, -0.1) is 0 Å². The van der Waals surface area contributed by atoms with Crippen LogP contribution in [0.3, 0.4) is 0 Å². The van der Waals surface area contributed by atoms with Gasteiger partial charge in [-0.25, -0.2) is 0 Å². The van der Waals surface area contributed by atoms with Crippen LogP contribution in [0.2, 0.25) is 0 Å². The summed E-state index contributed by atoms with van der Waals surface area (Å²) in [5, 5.41) is 0. The van der Waals surface area contributed by atoms with Crippen molar-refractivity contribution in [3.05, 3.63) is 41.5 Å². The Bertz CT molecular complexity index is 445. The maximum absolute atomic E-state index is 11.9. The lowest BCUT2D eigenvalue weighted by molar-refractivity contribution is -0.119. The quantitative estimate of drug-likeness (QED) is 0.741. The number of allylic oxidation sites excluding steroid dienone is 1. The zero-order chi connectivity index (χ0) is 12.3. The Kier molecular flexibility index (Phi) is 3.46. The van der Waals surface area contributed by atoms with Crippen molar-refractivity contribution < 1.29 is 4.79 Å². The summed E-state index contributed by atoms with van der Waals surface area (Å²) in [6.45, 7) is 4.29. The maximum atomic E-state index is 11.9. The lowest BCUT2D eigenvalue weighted by Gasteiger charge is -2.23. The number of Topliss-reactive ketones (excluding diaryl/α,β-unsaturated/α-hetero) is 1. The first-order chi connectivity index (χ1) is 8.15. The Morgan fingerprint density at radius 1 is 1.29 bits per heavy atom. The second-order valence-corrected chi connectivity index (χ2v) is 5.16. The van der Waals surface area contributed by atoms with E-state index in [2.05, 4.69) is 44.2 Å². The molecule has 0 saturated heterocycles. The van der Waals surface area contributed by atoms with E-state index in [-0.39, 0.29) is 5.41 Å². The number of carbonyl (C=O) groups excluding carboxylic acids is 1. The lowest BCUT2D eigenvalue weighted by atomic mass is 9.79. The molecule has 1 heteroatoms. The number of benzene rings is 1. The van der Waals surface area contributed by atoms with E-state index in [9.17, 15) is 4.79 Å². The third-order valence-electron chi connectivity index (χ3n) is 3.58. The predicted octanol–water partition coefficient (Wildman–Crippen LogP) is 4.12. The molecule has 0 unspecified atom stereocenters. The number of fused-ring (bicyclic) bond motifs is 1. The van der Waals surface area contributed by atoms with Crippen molar-refractivity contribution in [1.29, 1.82) is 0 Å². The molecule has 0 bridgehead atoms. The number of unbranched alkanes of at least 4 members (excludes halogenated alkanes) is 1. The standard InChI is InChI=1S/C16H20O/c1-3-4-8-14(17)12-16(2)11-10-13-7-5-6-9-15(13)16/h5-7,9-11H,3-4,8,12H2,1-2H3/t16-/m0/s1. The number of rotatable bonds is 5. The van der Waals surface area contributed by atoms with Gasteiger partial charge >= 0.3 is 0 Å². The molecule has 0 fully saturated rings. The van der Waals surface area contributed by atoms with Crippen molar-refractivity contribution in [2.75, 3.05) is 0 Å². The molecule has 0 aliphatic heterocycles. The highest BCUT2D eigenvalue weighted by atomic mass is 16.1. The molecule has 1 aliphatic rings. The van der Waals surface area contributed by atoms with Gasteiger partial charge in [-0.05, 0) is 17.5 Å². The first-order valence-electron chi connectivity index (χ1n) is 6.46. The molecule has 0 N–H and O–H groups in total. The predicted molar refractivity (Wildman–Crippen MR) is 72.0 cm³/mol. The topological polar surface area (TPSA) is 17.1 Å². The highest BCUT2D eigenvalue weighted by molar-refractivity contribution is 5.82. The van der Waals surface area contributed by atoms with Gasteiger partial charge in [0.25, 0.3) is 0 Å². The molecule has 90 valence electrons. The van der Waals surface area contributed by atoms with E-state index in [4.69, 9.17) is 0 Å². The third-order valence-corrected chi connectivity index (χ3v) is 3.58. The second-order valence-electron chi connectivity index (χ2n) is 5.16. The summed E-state index contributed by atoms with van der Waals surface area (Å²) in [7, 11) is 0. The van der Waals surface area contributed by atoms with Gasteiger partial charge in [0.05, 0.1) is 0 Å². The van der Waals surface area contributed by atoms with Gasteiger partial charge in [0, 0.05) is 18.3 Å². The first-order valence-corrected chi connectivity index (χ1v) is 6.46. The van der Waals surface area contributed by atoms with Crippen LogP contribution < -0.4 is 0 Å². The second kappa shape index (κ2) is 4.87. The van der Waals surface area contributed by atoms with Gasteiger partial charge in [-0.2, -0.15) is 0 Å². The molecule has 1 atom stereocenters. The van der Waals surface area contributed by atoms with Gasteiger partial charge in [0.2, 0.25) is 0 Å². The van der Waals surface area contributed by atoms with Crippen LogP contribution in [0, 0.1) is 0 Å². The Labute approximate surface area is 104 Å². The van der Waals surface area contributed by atoms with Crippen LogP contribution >= 0.6 is 0 Å². The molecule has 0 amide bonds. The minimum absolute atomic E-state index is 0.0819. The Morgan fingerprint density at radius 2 is 2.06 bits per heavy atom. The molecule has 17 heavy (non-hydrogen) atoms. The zero-order valence-electron chi connectivity index (χ0n) is 10.7. The van der Waals surface area contributed by atoms with Crippen LogP contribution in [-0.4, -0.2) is 5.78 Å². The summed E-state index contributed by atoms with van der Waals surface area (Å²) in [6.07, 6.45) is 7.79. The van der Waals surface area contributed by atoms with E-state index in [0.29, 0.717) is 12.2 Å². The van der Waals surface area contributed by atoms with Gasteiger partial charge in [0.15, 0.2) is 0 Å². The van der Waals surface area contributed by atoms with E-state index < -0.39 is 0 Å². The Balaban J connectivity index is 2.11. The summed E-state index contributed by atoms with van der Waals surface area (Å²) < 4.78 is 0. The van der Waals surface area contributed by atoms with Crippen molar-refractivity contribution in [3.8, 4) is 0 Å². The number of hydrogen-bond donors (Lipinski definition) is 0. The van der Waals surface area contributed by atoms with Crippen molar-refractivity contribution in [3.63, 3.8) is 0 Å². The normalized spacial score (nSPS) is 21.5. The molecule has 0 saturated carbocycles. The first kappa shape index (κ1) is 12.1. The Hall–Kier alpha value is -1.37. The molecular weight excluding hydrogens is 208 g/mol. The summed E-state index contributed by atoms with van der Waals surface area (Å²) in [5.74, 6) is 0.385. The van der Waals surface area contributed by atoms with Crippen LogP contribution in [0.5, 0.6) is 0 Å². The fourth-order valence-corrected chi connectivity index (χ4v) is 2.55.